The van der Waals surface area contributed by atoms with Crippen molar-refractivity contribution in [1.29, 1.82) is 0 Å². The first-order valence-electron chi connectivity index (χ1n) is 9.31. The molecule has 0 spiro atoms. The minimum absolute atomic E-state index is 0.0403. The molecule has 0 radical (unpaired) electrons. The summed E-state index contributed by atoms with van der Waals surface area (Å²) in [5.74, 6) is 5.76. The fraction of sp³-hybridized carbons (Fsp3) is 0.706. The number of imidazole rings is 1. The van der Waals surface area contributed by atoms with Crippen LogP contribution in [-0.2, 0) is 18.7 Å². The fourth-order valence-electron chi connectivity index (χ4n) is 3.59. The van der Waals surface area contributed by atoms with E-state index in [0.29, 0.717) is 23.6 Å². The van der Waals surface area contributed by atoms with Gasteiger partial charge in [0.2, 0.25) is 0 Å². The van der Waals surface area contributed by atoms with Gasteiger partial charge in [0, 0.05) is 0 Å². The van der Waals surface area contributed by atoms with E-state index in [-0.39, 0.29) is 23.9 Å². The van der Waals surface area contributed by atoms with Gasteiger partial charge in [-0.15, -0.1) is 0 Å². The Kier molecular flexibility index (Phi) is 4.52. The van der Waals surface area contributed by atoms with E-state index >= 15 is 0 Å². The smallest absolute Gasteiger partial charge is 0.192 e. The van der Waals surface area contributed by atoms with E-state index in [4.69, 9.17) is 30.4 Å². The number of nitrogens with two attached hydrogens (primary N) is 2. The summed E-state index contributed by atoms with van der Waals surface area (Å²) < 4.78 is 21.1. The first kappa shape index (κ1) is 19.7. The molecule has 0 amide bonds. The molecule has 0 aromatic carbocycles. The average molecular weight is 409 g/mol. The van der Waals surface area contributed by atoms with Gasteiger partial charge in [0.05, 0.1) is 12.9 Å². The number of nitrogen functional groups attached to an aromatic ring is 1. The number of nitrogens with zero attached hydrogens (tertiary/aromatic N) is 4. The number of ether oxygens (including phenoxy) is 2. The standard InChI is InChI=1S/C17H28N6O4Si/c1-16(2,3)28(4,5)27-12-11-15(26-17(12,6-24-11)7-25-19)23-9-22-10-13(18)20-8-21-14(10)23/h8-9,11-12,15H,6-7,19H2,1-5H3,(H2,18,20,21)/t11?,12?,15-,17-/m1/s1. The maximum absolute atomic E-state index is 6.73. The summed E-state index contributed by atoms with van der Waals surface area (Å²) in [5, 5.41) is 0.0403. The Morgan fingerprint density at radius 2 is 2.07 bits per heavy atom. The van der Waals surface area contributed by atoms with Crippen LogP contribution in [0.25, 0.3) is 11.2 Å². The van der Waals surface area contributed by atoms with E-state index in [9.17, 15) is 0 Å². The van der Waals surface area contributed by atoms with Crippen molar-refractivity contribution in [3.05, 3.63) is 12.7 Å². The van der Waals surface area contributed by atoms with Gasteiger partial charge in [0.1, 0.15) is 36.3 Å². The summed E-state index contributed by atoms with van der Waals surface area (Å²) in [6.45, 7) is 11.5. The van der Waals surface area contributed by atoms with Crippen LogP contribution in [0.5, 0.6) is 0 Å². The summed E-state index contributed by atoms with van der Waals surface area (Å²) in [5.41, 5.74) is 6.25. The van der Waals surface area contributed by atoms with Gasteiger partial charge in [-0.25, -0.2) is 20.8 Å². The molecule has 4 heterocycles. The second-order valence-electron chi connectivity index (χ2n) is 9.04. The minimum atomic E-state index is -2.09. The molecule has 2 aromatic heterocycles. The molecule has 0 aliphatic carbocycles. The van der Waals surface area contributed by atoms with Gasteiger partial charge in [-0.3, -0.25) is 4.57 Å². The molecule has 2 fully saturated rings. The second kappa shape index (κ2) is 6.44. The molecule has 4 atom stereocenters. The van der Waals surface area contributed by atoms with Gasteiger partial charge < -0.3 is 24.5 Å². The summed E-state index contributed by atoms with van der Waals surface area (Å²) in [6.07, 6.45) is 1.94. The second-order valence-corrected chi connectivity index (χ2v) is 13.8. The lowest BCUT2D eigenvalue weighted by Crippen LogP contribution is -2.53. The van der Waals surface area contributed by atoms with Gasteiger partial charge >= 0.3 is 0 Å². The zero-order valence-electron chi connectivity index (χ0n) is 16.9. The van der Waals surface area contributed by atoms with Crippen molar-refractivity contribution in [3.8, 4) is 0 Å². The molecule has 2 bridgehead atoms. The molecule has 2 aliphatic rings. The highest BCUT2D eigenvalue weighted by Gasteiger charge is 2.65. The zero-order valence-corrected chi connectivity index (χ0v) is 17.9. The number of hydrogen-bond acceptors (Lipinski definition) is 9. The molecular formula is C17H28N6O4Si. The Morgan fingerprint density at radius 3 is 2.75 bits per heavy atom. The Bertz CT molecular complexity index is 884. The SMILES string of the molecule is CC(C)(C)[Si](C)(C)OC1C2OC[C@]1(CON)O[C@H]2n1cnc2c(N)ncnc21. The van der Waals surface area contributed by atoms with Crippen molar-refractivity contribution < 1.29 is 18.7 Å². The highest BCUT2D eigenvalue weighted by atomic mass is 28.4. The van der Waals surface area contributed by atoms with Crippen LogP contribution in [0.4, 0.5) is 5.82 Å². The fourth-order valence-corrected chi connectivity index (χ4v) is 4.92. The van der Waals surface area contributed by atoms with Crippen LogP contribution in [0.2, 0.25) is 18.1 Å². The Morgan fingerprint density at radius 1 is 1.32 bits per heavy atom. The Balaban J connectivity index is 1.72. The zero-order chi connectivity index (χ0) is 20.3. The summed E-state index contributed by atoms with van der Waals surface area (Å²) >= 11 is 0. The highest BCUT2D eigenvalue weighted by Crippen LogP contribution is 2.50. The van der Waals surface area contributed by atoms with Crippen molar-refractivity contribution in [1.82, 2.24) is 19.5 Å². The maximum Gasteiger partial charge on any atom is 0.192 e. The molecule has 0 saturated carbocycles. The number of rotatable bonds is 5. The maximum atomic E-state index is 6.73. The molecular weight excluding hydrogens is 380 g/mol. The van der Waals surface area contributed by atoms with Crippen molar-refractivity contribution in [3.63, 3.8) is 0 Å². The molecule has 11 heteroatoms. The van der Waals surface area contributed by atoms with Crippen molar-refractivity contribution in [2.24, 2.45) is 5.90 Å². The number of fused-ring (bicyclic) bond motifs is 3. The lowest BCUT2D eigenvalue weighted by molar-refractivity contribution is -0.192. The van der Waals surface area contributed by atoms with E-state index in [2.05, 4.69) is 48.8 Å². The Hall–Kier alpha value is -1.63. The normalized spacial score (nSPS) is 30.4. The lowest BCUT2D eigenvalue weighted by Gasteiger charge is -2.40. The molecule has 2 saturated heterocycles. The molecule has 4 rings (SSSR count). The minimum Gasteiger partial charge on any atom is -0.408 e. The number of anilines is 1. The van der Waals surface area contributed by atoms with E-state index < -0.39 is 20.1 Å². The van der Waals surface area contributed by atoms with Gasteiger partial charge in [0.25, 0.3) is 0 Å². The predicted octanol–water partition coefficient (Wildman–Crippen LogP) is 1.36. The molecule has 154 valence electrons. The third kappa shape index (κ3) is 2.85. The highest BCUT2D eigenvalue weighted by molar-refractivity contribution is 6.74. The van der Waals surface area contributed by atoms with Gasteiger partial charge in [-0.1, -0.05) is 20.8 Å². The van der Waals surface area contributed by atoms with Crippen molar-refractivity contribution >= 4 is 25.3 Å². The van der Waals surface area contributed by atoms with Crippen LogP contribution in [0.1, 0.15) is 27.0 Å². The van der Waals surface area contributed by atoms with Crippen LogP contribution in [-0.4, -0.2) is 58.9 Å². The van der Waals surface area contributed by atoms with Crippen LogP contribution in [0.3, 0.4) is 0 Å². The molecule has 2 aliphatic heterocycles. The van der Waals surface area contributed by atoms with Gasteiger partial charge in [0.15, 0.2) is 26.0 Å². The monoisotopic (exact) mass is 408 g/mol. The Labute approximate surface area is 164 Å². The number of aromatic nitrogens is 4. The van der Waals surface area contributed by atoms with Gasteiger partial charge in [-0.05, 0) is 18.1 Å². The van der Waals surface area contributed by atoms with Crippen molar-refractivity contribution in [2.75, 3.05) is 18.9 Å². The van der Waals surface area contributed by atoms with Crippen LogP contribution >= 0.6 is 0 Å². The largest absolute Gasteiger partial charge is 0.408 e. The lowest BCUT2D eigenvalue weighted by atomic mass is 10.0. The molecule has 2 aromatic rings. The van der Waals surface area contributed by atoms with Crippen molar-refractivity contribution in [2.45, 2.75) is 62.9 Å². The molecule has 2 unspecified atom stereocenters. The molecule has 4 N–H and O–H groups in total. The first-order chi connectivity index (χ1) is 13.1. The summed E-state index contributed by atoms with van der Waals surface area (Å²) in [6, 6.07) is 0. The molecule has 10 nitrogen and oxygen atoms in total. The van der Waals surface area contributed by atoms with Gasteiger partial charge in [-0.2, -0.15) is 0 Å². The van der Waals surface area contributed by atoms with Crippen LogP contribution < -0.4 is 11.6 Å². The summed E-state index contributed by atoms with van der Waals surface area (Å²) in [7, 11) is -2.09. The van der Waals surface area contributed by atoms with E-state index in [0.717, 1.165) is 0 Å². The molecule has 28 heavy (non-hydrogen) atoms. The number of hydrogen-bond donors (Lipinski definition) is 2. The summed E-state index contributed by atoms with van der Waals surface area (Å²) in [4.78, 5) is 17.7. The van der Waals surface area contributed by atoms with E-state index in [1.165, 1.54) is 6.33 Å². The van der Waals surface area contributed by atoms with Crippen LogP contribution in [0, 0.1) is 0 Å². The third-order valence-corrected chi connectivity index (χ3v) is 10.6. The van der Waals surface area contributed by atoms with E-state index in [1.807, 2.05) is 4.57 Å². The average Bonchev–Trinajstić information content (AvgIpc) is 3.25. The van der Waals surface area contributed by atoms with Crippen LogP contribution in [0.15, 0.2) is 12.7 Å². The quantitative estimate of drug-likeness (QED) is 0.555. The third-order valence-electron chi connectivity index (χ3n) is 6.19. The first-order valence-corrected chi connectivity index (χ1v) is 12.2. The van der Waals surface area contributed by atoms with E-state index in [1.54, 1.807) is 6.33 Å². The predicted molar refractivity (Wildman–Crippen MR) is 105 cm³/mol. The topological polar surface area (TPSA) is 133 Å².